The smallest absolute Gasteiger partial charge is 0.270 e. The van der Waals surface area contributed by atoms with E-state index in [1.807, 2.05) is 6.07 Å². The van der Waals surface area contributed by atoms with Gasteiger partial charge in [-0.05, 0) is 24.6 Å². The van der Waals surface area contributed by atoms with Crippen molar-refractivity contribution in [1.82, 2.24) is 9.88 Å². The second kappa shape index (κ2) is 9.39. The molecule has 0 fully saturated rings. The normalized spacial score (nSPS) is 12.1. The molecule has 0 aliphatic heterocycles. The van der Waals surface area contributed by atoms with Gasteiger partial charge in [-0.15, -0.1) is 17.8 Å². The van der Waals surface area contributed by atoms with Gasteiger partial charge in [0.15, 0.2) is 5.57 Å². The first kappa shape index (κ1) is 20.0. The van der Waals surface area contributed by atoms with Crippen LogP contribution in [0, 0.1) is 23.7 Å². The summed E-state index contributed by atoms with van der Waals surface area (Å²) in [6.45, 7) is 1.97. The van der Waals surface area contributed by atoms with Gasteiger partial charge in [0.2, 0.25) is 0 Å². The zero-order chi connectivity index (χ0) is 19.8. The molecule has 0 atom stereocenters. The Morgan fingerprint density at radius 1 is 1.48 bits per heavy atom. The number of hydrogen-bond donors (Lipinski definition) is 3. The van der Waals surface area contributed by atoms with E-state index in [0.717, 1.165) is 16.9 Å². The summed E-state index contributed by atoms with van der Waals surface area (Å²) in [7, 11) is 0. The van der Waals surface area contributed by atoms with Crippen LogP contribution in [0.15, 0.2) is 29.1 Å². The average molecular weight is 382 g/mol. The highest BCUT2D eigenvalue weighted by atomic mass is 32.1. The molecule has 7 nitrogen and oxygen atoms in total. The summed E-state index contributed by atoms with van der Waals surface area (Å²) in [6.07, 6.45) is 6.64. The van der Waals surface area contributed by atoms with Gasteiger partial charge in [0, 0.05) is 18.4 Å². The molecule has 0 saturated carbocycles. The van der Waals surface area contributed by atoms with E-state index in [4.69, 9.17) is 6.42 Å². The first-order chi connectivity index (χ1) is 13.0. The third kappa shape index (κ3) is 4.64. The number of nitrogens with zero attached hydrogens (tertiary/aromatic N) is 2. The number of hydrogen-bond acceptors (Lipinski definition) is 6. The van der Waals surface area contributed by atoms with Crippen molar-refractivity contribution in [3.8, 4) is 18.4 Å². The van der Waals surface area contributed by atoms with E-state index in [0.29, 0.717) is 16.8 Å². The molecule has 1 heterocycles. The number of thiazole rings is 1. The van der Waals surface area contributed by atoms with E-state index < -0.39 is 5.91 Å². The van der Waals surface area contributed by atoms with E-state index >= 15 is 0 Å². The number of terminal acetylenes is 1. The molecule has 1 aromatic carbocycles. The number of aliphatic hydroxyl groups excluding tert-OH is 1. The molecule has 3 N–H and O–H groups in total. The molecule has 0 aliphatic rings. The van der Waals surface area contributed by atoms with Crippen LogP contribution in [0.2, 0.25) is 0 Å². The minimum Gasteiger partial charge on any atom is -0.392 e. The van der Waals surface area contributed by atoms with E-state index in [-0.39, 0.29) is 28.9 Å². The van der Waals surface area contributed by atoms with E-state index in [2.05, 4.69) is 16.6 Å². The maximum atomic E-state index is 12.6. The Morgan fingerprint density at radius 3 is 2.89 bits per heavy atom. The van der Waals surface area contributed by atoms with Crippen molar-refractivity contribution in [2.45, 2.75) is 20.1 Å². The zero-order valence-electron chi connectivity index (χ0n) is 14.7. The lowest BCUT2D eigenvalue weighted by Gasteiger charge is -2.01. The molecule has 2 aromatic rings. The highest BCUT2D eigenvalue weighted by molar-refractivity contribution is 7.07. The standard InChI is InChI=1S/C19H18N4O3S/c1-3-8-21-17(25)15(10-20)19-23(4-2)18(26)16(27-19)11-22-14-7-5-6-13(9-14)12-24/h1,5-7,9,11,22,24H,4,8,12H2,2H3,(H,21,25). The Morgan fingerprint density at radius 2 is 2.26 bits per heavy atom. The number of rotatable bonds is 6. The quantitative estimate of drug-likeness (QED) is 0.595. The number of nitriles is 1. The zero-order valence-corrected chi connectivity index (χ0v) is 15.5. The second-order valence-electron chi connectivity index (χ2n) is 5.34. The van der Waals surface area contributed by atoms with Gasteiger partial charge in [-0.3, -0.25) is 14.2 Å². The van der Waals surface area contributed by atoms with Crippen molar-refractivity contribution >= 4 is 34.7 Å². The lowest BCUT2D eigenvalue weighted by atomic mass is 10.2. The number of aliphatic hydroxyl groups is 1. The number of carbonyl (C=O) groups is 1. The summed E-state index contributed by atoms with van der Waals surface area (Å²) in [4.78, 5) is 24.7. The fraction of sp³-hybridized carbons (Fsp3) is 0.211. The highest BCUT2D eigenvalue weighted by Crippen LogP contribution is 2.10. The molecule has 1 amide bonds. The Labute approximate surface area is 159 Å². The monoisotopic (exact) mass is 382 g/mol. The van der Waals surface area contributed by atoms with Crippen LogP contribution in [-0.2, 0) is 17.9 Å². The van der Waals surface area contributed by atoms with Crippen LogP contribution in [0.3, 0.4) is 0 Å². The number of benzene rings is 1. The van der Waals surface area contributed by atoms with Crippen LogP contribution in [0.1, 0.15) is 12.5 Å². The Kier molecular flexibility index (Phi) is 6.95. The van der Waals surface area contributed by atoms with Crippen LogP contribution in [0.25, 0.3) is 11.8 Å². The Hall–Kier alpha value is -3.33. The Bertz CT molecular complexity index is 1100. The second-order valence-corrected chi connectivity index (χ2v) is 6.37. The fourth-order valence-corrected chi connectivity index (χ4v) is 3.40. The largest absolute Gasteiger partial charge is 0.392 e. The lowest BCUT2D eigenvalue weighted by molar-refractivity contribution is -0.115. The number of carbonyl (C=O) groups excluding carboxylic acids is 1. The molecule has 138 valence electrons. The summed E-state index contributed by atoms with van der Waals surface area (Å²) in [5, 5.41) is 24.0. The summed E-state index contributed by atoms with van der Waals surface area (Å²) < 4.78 is 1.99. The van der Waals surface area contributed by atoms with Crippen molar-refractivity contribution in [3.05, 3.63) is 49.4 Å². The molecule has 2 rings (SSSR count). The van der Waals surface area contributed by atoms with Gasteiger partial charge in [-0.25, -0.2) is 0 Å². The Balaban J connectivity index is 2.53. The number of nitrogens with one attached hydrogen (secondary N) is 2. The third-order valence-electron chi connectivity index (χ3n) is 3.61. The van der Waals surface area contributed by atoms with Gasteiger partial charge in [-0.1, -0.05) is 18.1 Å². The van der Waals surface area contributed by atoms with Crippen LogP contribution in [0.5, 0.6) is 0 Å². The molecule has 0 bridgehead atoms. The van der Waals surface area contributed by atoms with Crippen molar-refractivity contribution in [1.29, 1.82) is 5.26 Å². The molecular formula is C19H18N4O3S. The molecule has 0 unspecified atom stereocenters. The van der Waals surface area contributed by atoms with Crippen molar-refractivity contribution in [2.75, 3.05) is 11.9 Å². The van der Waals surface area contributed by atoms with E-state index in [1.165, 1.54) is 10.8 Å². The number of aromatic nitrogens is 1. The van der Waals surface area contributed by atoms with Crippen molar-refractivity contribution < 1.29 is 9.90 Å². The third-order valence-corrected chi connectivity index (χ3v) is 4.74. The summed E-state index contributed by atoms with van der Waals surface area (Å²) in [5.74, 6) is 1.65. The van der Waals surface area contributed by atoms with Crippen LogP contribution < -0.4 is 25.4 Å². The first-order valence-electron chi connectivity index (χ1n) is 8.07. The summed E-state index contributed by atoms with van der Waals surface area (Å²) >= 11 is 1.05. The van der Waals surface area contributed by atoms with E-state index in [9.17, 15) is 20.0 Å². The van der Waals surface area contributed by atoms with Crippen LogP contribution >= 0.6 is 11.3 Å². The van der Waals surface area contributed by atoms with Crippen molar-refractivity contribution in [2.24, 2.45) is 0 Å². The molecule has 27 heavy (non-hydrogen) atoms. The van der Waals surface area contributed by atoms with Gasteiger partial charge in [0.1, 0.15) is 15.3 Å². The van der Waals surface area contributed by atoms with Crippen LogP contribution in [-0.4, -0.2) is 22.1 Å². The first-order valence-corrected chi connectivity index (χ1v) is 8.89. The number of amides is 1. The topological polar surface area (TPSA) is 107 Å². The molecule has 0 spiro atoms. The van der Waals surface area contributed by atoms with Gasteiger partial charge >= 0.3 is 0 Å². The molecule has 0 aliphatic carbocycles. The fourth-order valence-electron chi connectivity index (χ4n) is 2.32. The van der Waals surface area contributed by atoms with Crippen molar-refractivity contribution in [3.63, 3.8) is 0 Å². The predicted molar refractivity (Wildman–Crippen MR) is 105 cm³/mol. The van der Waals surface area contributed by atoms with E-state index in [1.54, 1.807) is 31.2 Å². The maximum absolute atomic E-state index is 12.6. The SMILES string of the molecule is C#CCNC(=O)C(C#N)=c1sc(=CNc2cccc(CO)c2)c(=O)n1CC. The predicted octanol–water partition coefficient (Wildman–Crippen LogP) is -0.304. The molecule has 8 heteroatoms. The number of anilines is 1. The van der Waals surface area contributed by atoms with Gasteiger partial charge in [0.25, 0.3) is 11.5 Å². The van der Waals surface area contributed by atoms with Gasteiger partial charge in [0.05, 0.1) is 13.2 Å². The highest BCUT2D eigenvalue weighted by Gasteiger charge is 2.14. The maximum Gasteiger partial charge on any atom is 0.270 e. The van der Waals surface area contributed by atoms with Gasteiger partial charge < -0.3 is 15.7 Å². The molecular weight excluding hydrogens is 364 g/mol. The average Bonchev–Trinajstić information content (AvgIpc) is 3.00. The minimum absolute atomic E-state index is 0.00647. The summed E-state index contributed by atoms with van der Waals surface area (Å²) in [6, 6.07) is 8.96. The summed E-state index contributed by atoms with van der Waals surface area (Å²) in [5.41, 5.74) is 0.976. The minimum atomic E-state index is -0.617. The lowest BCUT2D eigenvalue weighted by Crippen LogP contribution is -2.34. The molecule has 0 saturated heterocycles. The van der Waals surface area contributed by atoms with Crippen LogP contribution in [0.4, 0.5) is 5.69 Å². The molecule has 1 aromatic heterocycles. The molecule has 0 radical (unpaired) electrons. The van der Waals surface area contributed by atoms with Gasteiger partial charge in [-0.2, -0.15) is 5.26 Å².